The molecular weight excluding hydrogens is 313 g/mol. The van der Waals surface area contributed by atoms with Crippen LogP contribution >= 0.6 is 11.8 Å². The highest BCUT2D eigenvalue weighted by atomic mass is 32.2. The summed E-state index contributed by atoms with van der Waals surface area (Å²) in [6.07, 6.45) is 0.885. The number of hydrogen-bond acceptors (Lipinski definition) is 3. The summed E-state index contributed by atoms with van der Waals surface area (Å²) >= 11 is 1.67. The predicted molar refractivity (Wildman–Crippen MR) is 94.8 cm³/mol. The highest BCUT2D eigenvalue weighted by molar-refractivity contribution is 7.99. The quantitative estimate of drug-likeness (QED) is 0.351. The van der Waals surface area contributed by atoms with E-state index in [4.69, 9.17) is 10.5 Å². The molecule has 0 atom stereocenters. The Kier molecular flexibility index (Phi) is 6.75. The SMILES string of the molecule is COc1ccccc1NC(N)=NCCCSc1ccc(F)cc1. The molecule has 0 saturated heterocycles. The first-order valence-electron chi connectivity index (χ1n) is 7.27. The highest BCUT2D eigenvalue weighted by Gasteiger charge is 2.02. The van der Waals surface area contributed by atoms with Gasteiger partial charge in [-0.3, -0.25) is 4.99 Å². The Morgan fingerprint density at radius 1 is 1.22 bits per heavy atom. The van der Waals surface area contributed by atoms with Gasteiger partial charge in [-0.2, -0.15) is 0 Å². The van der Waals surface area contributed by atoms with E-state index in [1.54, 1.807) is 31.0 Å². The Hall–Kier alpha value is -2.21. The van der Waals surface area contributed by atoms with E-state index in [2.05, 4.69) is 10.3 Å². The van der Waals surface area contributed by atoms with Gasteiger partial charge in [-0.15, -0.1) is 11.8 Å². The van der Waals surface area contributed by atoms with Gasteiger partial charge >= 0.3 is 0 Å². The van der Waals surface area contributed by atoms with Crippen LogP contribution in [0.3, 0.4) is 0 Å². The van der Waals surface area contributed by atoms with Crippen molar-refractivity contribution >= 4 is 23.4 Å². The number of halogens is 1. The monoisotopic (exact) mass is 333 g/mol. The van der Waals surface area contributed by atoms with Gasteiger partial charge in [-0.1, -0.05) is 12.1 Å². The van der Waals surface area contributed by atoms with Crippen molar-refractivity contribution in [3.63, 3.8) is 0 Å². The molecule has 6 heteroatoms. The van der Waals surface area contributed by atoms with Crippen molar-refractivity contribution in [2.75, 3.05) is 24.7 Å². The molecule has 2 aromatic carbocycles. The molecular formula is C17H20FN3OS. The van der Waals surface area contributed by atoms with Crippen molar-refractivity contribution in [2.45, 2.75) is 11.3 Å². The van der Waals surface area contributed by atoms with Crippen LogP contribution in [0, 0.1) is 5.82 Å². The molecule has 0 fully saturated rings. The summed E-state index contributed by atoms with van der Waals surface area (Å²) in [5, 5.41) is 3.03. The minimum atomic E-state index is -0.214. The molecule has 0 aliphatic rings. The minimum absolute atomic E-state index is 0.214. The Labute approximate surface area is 140 Å². The van der Waals surface area contributed by atoms with Crippen LogP contribution in [-0.2, 0) is 0 Å². The number of benzene rings is 2. The molecule has 2 rings (SSSR count). The number of hydrogen-bond donors (Lipinski definition) is 2. The second-order valence-electron chi connectivity index (χ2n) is 4.75. The fraction of sp³-hybridized carbons (Fsp3) is 0.235. The number of nitrogens with one attached hydrogen (secondary N) is 1. The topological polar surface area (TPSA) is 59.6 Å². The van der Waals surface area contributed by atoms with Crippen LogP contribution in [0.2, 0.25) is 0 Å². The molecule has 3 N–H and O–H groups in total. The Balaban J connectivity index is 1.73. The molecule has 23 heavy (non-hydrogen) atoms. The molecule has 4 nitrogen and oxygen atoms in total. The number of rotatable bonds is 7. The fourth-order valence-electron chi connectivity index (χ4n) is 1.91. The lowest BCUT2D eigenvalue weighted by atomic mass is 10.3. The van der Waals surface area contributed by atoms with Crippen LogP contribution in [-0.4, -0.2) is 25.4 Å². The summed E-state index contributed by atoms with van der Waals surface area (Å²) < 4.78 is 18.0. The van der Waals surface area contributed by atoms with E-state index in [1.807, 2.05) is 24.3 Å². The molecule has 0 spiro atoms. The average molecular weight is 333 g/mol. The molecule has 2 aromatic rings. The number of ether oxygens (including phenoxy) is 1. The van der Waals surface area contributed by atoms with Crippen LogP contribution in [0.5, 0.6) is 5.75 Å². The predicted octanol–water partition coefficient (Wildman–Crippen LogP) is 3.74. The third-order valence-electron chi connectivity index (χ3n) is 3.04. The normalized spacial score (nSPS) is 11.3. The van der Waals surface area contributed by atoms with Crippen LogP contribution in [0.1, 0.15) is 6.42 Å². The molecule has 0 bridgehead atoms. The van der Waals surface area contributed by atoms with Crippen molar-refractivity contribution in [3.05, 3.63) is 54.3 Å². The number of nitrogens with zero attached hydrogens (tertiary/aromatic N) is 1. The van der Waals surface area contributed by atoms with Crippen molar-refractivity contribution in [1.82, 2.24) is 0 Å². The lowest BCUT2D eigenvalue weighted by molar-refractivity contribution is 0.417. The Bertz CT molecular complexity index is 647. The zero-order chi connectivity index (χ0) is 16.5. The lowest BCUT2D eigenvalue weighted by Gasteiger charge is -2.10. The molecule has 0 saturated carbocycles. The number of guanidine groups is 1. The first-order valence-corrected chi connectivity index (χ1v) is 8.26. The van der Waals surface area contributed by atoms with E-state index in [0.29, 0.717) is 12.5 Å². The molecule has 0 radical (unpaired) electrons. The molecule has 0 unspecified atom stereocenters. The van der Waals surface area contributed by atoms with Crippen molar-refractivity contribution in [1.29, 1.82) is 0 Å². The van der Waals surface area contributed by atoms with Crippen LogP contribution in [0.25, 0.3) is 0 Å². The highest BCUT2D eigenvalue weighted by Crippen LogP contribution is 2.22. The molecule has 0 aliphatic carbocycles. The van der Waals surface area contributed by atoms with Gasteiger partial charge in [0.2, 0.25) is 0 Å². The lowest BCUT2D eigenvalue weighted by Crippen LogP contribution is -2.23. The average Bonchev–Trinajstić information content (AvgIpc) is 2.57. The van der Waals surface area contributed by atoms with Gasteiger partial charge in [0, 0.05) is 11.4 Å². The maximum Gasteiger partial charge on any atom is 0.193 e. The summed E-state index contributed by atoms with van der Waals surface area (Å²) in [6, 6.07) is 14.0. The first-order chi connectivity index (χ1) is 11.2. The maximum atomic E-state index is 12.8. The molecule has 0 amide bonds. The number of methoxy groups -OCH3 is 1. The summed E-state index contributed by atoms with van der Waals surface area (Å²) in [7, 11) is 1.61. The van der Waals surface area contributed by atoms with Gasteiger partial charge in [0.15, 0.2) is 5.96 Å². The zero-order valence-electron chi connectivity index (χ0n) is 13.0. The molecule has 0 aromatic heterocycles. The number of thioether (sulfide) groups is 1. The third-order valence-corrected chi connectivity index (χ3v) is 4.13. The number of nitrogens with two attached hydrogens (primary N) is 1. The van der Waals surface area contributed by atoms with Crippen LogP contribution in [0.4, 0.5) is 10.1 Å². The fourth-order valence-corrected chi connectivity index (χ4v) is 2.75. The van der Waals surface area contributed by atoms with E-state index in [-0.39, 0.29) is 5.82 Å². The second kappa shape index (κ2) is 9.05. The van der Waals surface area contributed by atoms with E-state index in [1.165, 1.54) is 12.1 Å². The van der Waals surface area contributed by atoms with Gasteiger partial charge in [-0.05, 0) is 48.6 Å². The summed E-state index contributed by atoms with van der Waals surface area (Å²) in [4.78, 5) is 5.35. The second-order valence-corrected chi connectivity index (χ2v) is 5.92. The third kappa shape index (κ3) is 5.83. The Morgan fingerprint density at radius 2 is 1.96 bits per heavy atom. The van der Waals surface area contributed by atoms with Gasteiger partial charge < -0.3 is 15.8 Å². The van der Waals surface area contributed by atoms with E-state index in [0.717, 1.165) is 28.5 Å². The van der Waals surface area contributed by atoms with Crippen molar-refractivity contribution in [3.8, 4) is 5.75 Å². The van der Waals surface area contributed by atoms with E-state index >= 15 is 0 Å². The first kappa shape index (κ1) is 17.1. The summed E-state index contributed by atoms with van der Waals surface area (Å²) in [5.74, 6) is 1.77. The van der Waals surface area contributed by atoms with Crippen molar-refractivity contribution < 1.29 is 9.13 Å². The number of para-hydroxylation sites is 2. The van der Waals surface area contributed by atoms with E-state index < -0.39 is 0 Å². The molecule has 122 valence electrons. The smallest absolute Gasteiger partial charge is 0.193 e. The molecule has 0 aliphatic heterocycles. The standard InChI is InChI=1S/C17H20FN3OS/c1-22-16-6-3-2-5-15(16)21-17(19)20-11-4-12-23-14-9-7-13(18)8-10-14/h2-3,5-10H,4,11-12H2,1H3,(H3,19,20,21). The minimum Gasteiger partial charge on any atom is -0.495 e. The van der Waals surface area contributed by atoms with Gasteiger partial charge in [0.25, 0.3) is 0 Å². The van der Waals surface area contributed by atoms with Gasteiger partial charge in [0.05, 0.1) is 12.8 Å². The number of aliphatic imine (C=N–C) groups is 1. The summed E-state index contributed by atoms with van der Waals surface area (Å²) in [5.41, 5.74) is 6.66. The van der Waals surface area contributed by atoms with Gasteiger partial charge in [-0.25, -0.2) is 4.39 Å². The van der Waals surface area contributed by atoms with Crippen molar-refractivity contribution in [2.24, 2.45) is 10.7 Å². The van der Waals surface area contributed by atoms with Crippen LogP contribution < -0.4 is 15.8 Å². The van der Waals surface area contributed by atoms with Gasteiger partial charge in [0.1, 0.15) is 11.6 Å². The number of anilines is 1. The molecule has 0 heterocycles. The Morgan fingerprint density at radius 3 is 2.70 bits per heavy atom. The zero-order valence-corrected chi connectivity index (χ0v) is 13.8. The van der Waals surface area contributed by atoms with Crippen LogP contribution in [0.15, 0.2) is 58.4 Å². The maximum absolute atomic E-state index is 12.8. The largest absolute Gasteiger partial charge is 0.495 e. The van der Waals surface area contributed by atoms with E-state index in [9.17, 15) is 4.39 Å². The summed E-state index contributed by atoms with van der Waals surface area (Å²) in [6.45, 7) is 0.627.